The lowest BCUT2D eigenvalue weighted by Crippen LogP contribution is -1.99. The zero-order chi connectivity index (χ0) is 8.27. The van der Waals surface area contributed by atoms with Gasteiger partial charge in [0.15, 0.2) is 0 Å². The van der Waals surface area contributed by atoms with E-state index in [-0.39, 0.29) is 9.71 Å². The molecule has 0 aliphatic rings. The van der Waals surface area contributed by atoms with Crippen molar-refractivity contribution >= 4 is 28.4 Å². The van der Waals surface area contributed by atoms with Gasteiger partial charge in [-0.05, 0) is 12.5 Å². The van der Waals surface area contributed by atoms with E-state index < -0.39 is 0 Å². The van der Waals surface area contributed by atoms with Gasteiger partial charge in [0, 0.05) is 0 Å². The third-order valence-corrected chi connectivity index (χ3v) is 3.05. The predicted molar refractivity (Wildman–Crippen MR) is 53.9 cm³/mol. The number of Topliss-reactive ketones (excluding diaryl/α,β-unsaturated/α-hetero) is 1. The molecule has 0 amide bonds. The number of carbonyl (C=O) groups is 1. The first-order valence-electron chi connectivity index (χ1n) is 3.41. The molecule has 0 heterocycles. The second kappa shape index (κ2) is 3.85. The highest BCUT2D eigenvalue weighted by atomic mass is 127. The normalized spacial score (nSPS) is 12.5. The molecule has 0 unspecified atom stereocenters. The van der Waals surface area contributed by atoms with Crippen molar-refractivity contribution < 1.29 is 4.79 Å². The topological polar surface area (TPSA) is 17.1 Å². The number of hydrogen-bond donors (Lipinski definition) is 0. The van der Waals surface area contributed by atoms with E-state index in [1.807, 2.05) is 30.3 Å². The molecule has 0 saturated carbocycles. The Morgan fingerprint density at radius 1 is 1.36 bits per heavy atom. The van der Waals surface area contributed by atoms with Crippen LogP contribution in [0.25, 0.3) is 0 Å². The van der Waals surface area contributed by atoms with Crippen molar-refractivity contribution in [2.75, 3.05) is 0 Å². The number of carbonyl (C=O) groups excluding carboxylic acids is 1. The van der Waals surface area contributed by atoms with Crippen molar-refractivity contribution in [2.45, 2.75) is 10.8 Å². The van der Waals surface area contributed by atoms with E-state index in [2.05, 4.69) is 22.6 Å². The molecule has 11 heavy (non-hydrogen) atoms. The van der Waals surface area contributed by atoms with Gasteiger partial charge in [0.2, 0.25) is 0 Å². The lowest BCUT2D eigenvalue weighted by Gasteiger charge is -2.04. The molecule has 1 atom stereocenters. The molecule has 1 rings (SSSR count). The van der Waals surface area contributed by atoms with Crippen LogP contribution in [0, 0.1) is 0 Å². The summed E-state index contributed by atoms with van der Waals surface area (Å²) >= 11 is 2.15. The molecule has 0 N–H and O–H groups in total. The summed E-state index contributed by atoms with van der Waals surface area (Å²) in [5, 5.41) is 0. The quantitative estimate of drug-likeness (QED) is 0.590. The van der Waals surface area contributed by atoms with Gasteiger partial charge in [0.1, 0.15) is 5.78 Å². The Kier molecular flexibility index (Phi) is 3.05. The Morgan fingerprint density at radius 2 is 1.91 bits per heavy atom. The molecule has 0 spiro atoms. The highest BCUT2D eigenvalue weighted by Crippen LogP contribution is 2.23. The van der Waals surface area contributed by atoms with Crippen LogP contribution in [0.4, 0.5) is 0 Å². The van der Waals surface area contributed by atoms with Crippen LogP contribution in [0.3, 0.4) is 0 Å². The fourth-order valence-electron chi connectivity index (χ4n) is 0.857. The van der Waals surface area contributed by atoms with Gasteiger partial charge >= 0.3 is 0 Å². The van der Waals surface area contributed by atoms with Gasteiger partial charge < -0.3 is 0 Å². The van der Waals surface area contributed by atoms with Crippen molar-refractivity contribution in [3.8, 4) is 0 Å². The van der Waals surface area contributed by atoms with Gasteiger partial charge in [-0.3, -0.25) is 4.79 Å². The minimum Gasteiger partial charge on any atom is -0.298 e. The number of hydrogen-bond acceptors (Lipinski definition) is 1. The number of alkyl halides is 1. The number of rotatable bonds is 2. The van der Waals surface area contributed by atoms with E-state index >= 15 is 0 Å². The second-order valence-electron chi connectivity index (χ2n) is 2.38. The first-order chi connectivity index (χ1) is 5.22. The summed E-state index contributed by atoms with van der Waals surface area (Å²) in [6.07, 6.45) is 0. The lowest BCUT2D eigenvalue weighted by atomic mass is 10.1. The van der Waals surface area contributed by atoms with Gasteiger partial charge in [-0.25, -0.2) is 0 Å². The van der Waals surface area contributed by atoms with Crippen molar-refractivity contribution in [3.63, 3.8) is 0 Å². The second-order valence-corrected chi connectivity index (χ2v) is 3.63. The molecule has 2 heteroatoms. The third-order valence-electron chi connectivity index (χ3n) is 1.45. The Balaban J connectivity index is 2.85. The maximum absolute atomic E-state index is 10.9. The summed E-state index contributed by atoms with van der Waals surface area (Å²) in [5.41, 5.74) is 1.08. The maximum atomic E-state index is 10.9. The standard InChI is InChI=1S/C9H9IO/c1-7(11)9(10)8-5-3-2-4-6-8/h2-6,9H,1H3/t9-/m0/s1. The van der Waals surface area contributed by atoms with Crippen LogP contribution in [-0.4, -0.2) is 5.78 Å². The first-order valence-corrected chi connectivity index (χ1v) is 4.66. The Labute approximate surface area is 79.9 Å². The summed E-state index contributed by atoms with van der Waals surface area (Å²) in [5.74, 6) is 0.205. The minimum atomic E-state index is 0.00815. The van der Waals surface area contributed by atoms with Gasteiger partial charge in [-0.1, -0.05) is 52.9 Å². The largest absolute Gasteiger partial charge is 0.298 e. The molecule has 1 nitrogen and oxygen atoms in total. The van der Waals surface area contributed by atoms with E-state index in [4.69, 9.17) is 0 Å². The van der Waals surface area contributed by atoms with Crippen LogP contribution in [0.5, 0.6) is 0 Å². The SMILES string of the molecule is CC(=O)[C@H](I)c1ccccc1. The Bertz CT molecular complexity index is 243. The molecular formula is C9H9IO. The summed E-state index contributed by atoms with van der Waals surface area (Å²) in [4.78, 5) is 10.9. The van der Waals surface area contributed by atoms with Crippen molar-refractivity contribution in [1.29, 1.82) is 0 Å². The molecule has 0 saturated heterocycles. The molecular weight excluding hydrogens is 251 g/mol. The number of ketones is 1. The monoisotopic (exact) mass is 260 g/mol. The average molecular weight is 260 g/mol. The molecule has 1 aromatic rings. The zero-order valence-electron chi connectivity index (χ0n) is 6.25. The van der Waals surface area contributed by atoms with Crippen LogP contribution in [0.1, 0.15) is 16.4 Å². The number of halogens is 1. The fraction of sp³-hybridized carbons (Fsp3) is 0.222. The van der Waals surface area contributed by atoms with Crippen molar-refractivity contribution in [1.82, 2.24) is 0 Å². The molecule has 0 aliphatic carbocycles. The molecule has 1 aromatic carbocycles. The molecule has 0 fully saturated rings. The van der Waals surface area contributed by atoms with Crippen LogP contribution in [-0.2, 0) is 4.79 Å². The molecule has 0 aromatic heterocycles. The smallest absolute Gasteiger partial charge is 0.147 e. The first kappa shape index (κ1) is 8.71. The Hall–Kier alpha value is -0.380. The zero-order valence-corrected chi connectivity index (χ0v) is 8.41. The predicted octanol–water partition coefficient (Wildman–Crippen LogP) is 2.75. The van der Waals surface area contributed by atoms with Crippen LogP contribution < -0.4 is 0 Å². The van der Waals surface area contributed by atoms with E-state index in [1.54, 1.807) is 6.92 Å². The van der Waals surface area contributed by atoms with Gasteiger partial charge in [0.25, 0.3) is 0 Å². The summed E-state index contributed by atoms with van der Waals surface area (Å²) < 4.78 is 0.00815. The Morgan fingerprint density at radius 3 is 2.36 bits per heavy atom. The molecule has 0 radical (unpaired) electrons. The maximum Gasteiger partial charge on any atom is 0.147 e. The molecule has 58 valence electrons. The van der Waals surface area contributed by atoms with Gasteiger partial charge in [-0.15, -0.1) is 0 Å². The van der Waals surface area contributed by atoms with Gasteiger partial charge in [0.05, 0.1) is 3.92 Å². The van der Waals surface area contributed by atoms with E-state index in [1.165, 1.54) is 0 Å². The van der Waals surface area contributed by atoms with Crippen LogP contribution >= 0.6 is 22.6 Å². The number of benzene rings is 1. The highest BCUT2D eigenvalue weighted by molar-refractivity contribution is 14.1. The van der Waals surface area contributed by atoms with Crippen LogP contribution in [0.15, 0.2) is 30.3 Å². The van der Waals surface area contributed by atoms with Crippen molar-refractivity contribution in [2.24, 2.45) is 0 Å². The minimum absolute atomic E-state index is 0.00815. The van der Waals surface area contributed by atoms with Gasteiger partial charge in [-0.2, -0.15) is 0 Å². The molecule has 0 aliphatic heterocycles. The van der Waals surface area contributed by atoms with Crippen molar-refractivity contribution in [3.05, 3.63) is 35.9 Å². The summed E-state index contributed by atoms with van der Waals surface area (Å²) in [6, 6.07) is 9.79. The highest BCUT2D eigenvalue weighted by Gasteiger charge is 2.10. The average Bonchev–Trinajstić information content (AvgIpc) is 2.05. The van der Waals surface area contributed by atoms with E-state index in [9.17, 15) is 4.79 Å². The summed E-state index contributed by atoms with van der Waals surface area (Å²) in [6.45, 7) is 1.62. The van der Waals surface area contributed by atoms with Crippen LogP contribution in [0.2, 0.25) is 0 Å². The van der Waals surface area contributed by atoms with E-state index in [0.717, 1.165) is 5.56 Å². The summed E-state index contributed by atoms with van der Waals surface area (Å²) in [7, 11) is 0. The third kappa shape index (κ3) is 2.29. The molecule has 0 bridgehead atoms. The fourth-order valence-corrected chi connectivity index (χ4v) is 1.27. The lowest BCUT2D eigenvalue weighted by molar-refractivity contribution is -0.116. The van der Waals surface area contributed by atoms with E-state index in [0.29, 0.717) is 0 Å².